The molecule has 7 nitrogen and oxygen atoms in total. The lowest BCUT2D eigenvalue weighted by molar-refractivity contribution is 0.0370. The Kier molecular flexibility index (Phi) is 6.09. The number of morpholine rings is 1. The van der Waals surface area contributed by atoms with Crippen LogP contribution in [-0.2, 0) is 4.74 Å². The van der Waals surface area contributed by atoms with Crippen molar-refractivity contribution in [1.29, 1.82) is 5.26 Å². The van der Waals surface area contributed by atoms with E-state index in [-0.39, 0.29) is 6.03 Å². The average molecular weight is 344 g/mol. The molecule has 0 spiro atoms. The van der Waals surface area contributed by atoms with Gasteiger partial charge in [-0.1, -0.05) is 0 Å². The van der Waals surface area contributed by atoms with Crippen LogP contribution in [0.1, 0.15) is 5.56 Å². The molecule has 0 unspecified atom stereocenters. The Morgan fingerprint density at radius 1 is 1.04 bits per heavy atom. The number of nitriles is 1. The summed E-state index contributed by atoms with van der Waals surface area (Å²) in [5.41, 5.74) is 0.633. The molecule has 2 aliphatic rings. The molecule has 2 saturated heterocycles. The highest BCUT2D eigenvalue weighted by Crippen LogP contribution is 2.12. The number of urea groups is 1. The summed E-state index contributed by atoms with van der Waals surface area (Å²) >= 11 is 0. The zero-order chi connectivity index (χ0) is 17.5. The van der Waals surface area contributed by atoms with Crippen LogP contribution in [0, 0.1) is 11.3 Å². The van der Waals surface area contributed by atoms with E-state index in [1.165, 1.54) is 0 Å². The monoisotopic (exact) mass is 344 g/mol. The molecule has 2 fully saturated rings. The van der Waals surface area contributed by atoms with Crippen LogP contribution in [0.3, 0.4) is 0 Å². The van der Waals surface area contributed by atoms with E-state index in [0.717, 1.165) is 38.5 Å². The topological polar surface area (TPSA) is 69.0 Å². The van der Waals surface area contributed by atoms with Crippen molar-refractivity contribution in [3.05, 3.63) is 29.8 Å². The van der Waals surface area contributed by atoms with E-state index in [0.29, 0.717) is 38.5 Å². The number of ether oxygens (including phenoxy) is 2. The Balaban J connectivity index is 1.36. The molecule has 0 bridgehead atoms. The van der Waals surface area contributed by atoms with Gasteiger partial charge in [0.05, 0.1) is 24.8 Å². The molecule has 2 aliphatic heterocycles. The zero-order valence-corrected chi connectivity index (χ0v) is 14.4. The number of carbonyl (C=O) groups is 1. The Hall–Kier alpha value is -2.30. The molecule has 0 aromatic heterocycles. The van der Waals surface area contributed by atoms with Gasteiger partial charge in [-0.05, 0) is 24.3 Å². The van der Waals surface area contributed by atoms with Crippen LogP contribution >= 0.6 is 0 Å². The van der Waals surface area contributed by atoms with Gasteiger partial charge in [0.2, 0.25) is 0 Å². The summed E-state index contributed by atoms with van der Waals surface area (Å²) in [7, 11) is 0. The molecule has 1 aromatic carbocycles. The smallest absolute Gasteiger partial charge is 0.320 e. The summed E-state index contributed by atoms with van der Waals surface area (Å²) < 4.78 is 11.0. The van der Waals surface area contributed by atoms with Gasteiger partial charge in [-0.3, -0.25) is 4.90 Å². The van der Waals surface area contributed by atoms with Crippen molar-refractivity contribution >= 4 is 6.03 Å². The molecule has 0 atom stereocenters. The summed E-state index contributed by atoms with van der Waals surface area (Å²) in [5, 5.41) is 8.78. The van der Waals surface area contributed by atoms with Crippen LogP contribution in [0.5, 0.6) is 5.75 Å². The van der Waals surface area contributed by atoms with Crippen molar-refractivity contribution in [3.8, 4) is 11.8 Å². The summed E-state index contributed by atoms with van der Waals surface area (Å²) in [6, 6.07) is 9.37. The fraction of sp³-hybridized carbons (Fsp3) is 0.556. The van der Waals surface area contributed by atoms with Crippen molar-refractivity contribution in [1.82, 2.24) is 14.7 Å². The zero-order valence-electron chi connectivity index (χ0n) is 14.4. The van der Waals surface area contributed by atoms with Gasteiger partial charge in [0.25, 0.3) is 0 Å². The molecule has 0 radical (unpaired) electrons. The maximum absolute atomic E-state index is 12.4. The third-order valence-corrected chi connectivity index (χ3v) is 4.58. The molecular formula is C18H24N4O3. The van der Waals surface area contributed by atoms with Gasteiger partial charge in [0.1, 0.15) is 12.4 Å². The first-order valence-electron chi connectivity index (χ1n) is 8.73. The number of carbonyl (C=O) groups excluding carboxylic acids is 1. The lowest BCUT2D eigenvalue weighted by Gasteiger charge is -2.38. The van der Waals surface area contributed by atoms with Crippen LogP contribution in [0.15, 0.2) is 24.3 Å². The van der Waals surface area contributed by atoms with Gasteiger partial charge in [0, 0.05) is 45.8 Å². The molecule has 0 saturated carbocycles. The normalized spacial score (nSPS) is 18.7. The van der Waals surface area contributed by atoms with Crippen LogP contribution in [-0.4, -0.2) is 86.4 Å². The van der Waals surface area contributed by atoms with Gasteiger partial charge in [-0.2, -0.15) is 5.26 Å². The quantitative estimate of drug-likeness (QED) is 0.815. The van der Waals surface area contributed by atoms with Gasteiger partial charge in [-0.15, -0.1) is 0 Å². The van der Waals surface area contributed by atoms with E-state index in [4.69, 9.17) is 14.7 Å². The van der Waals surface area contributed by atoms with Crippen LogP contribution in [0.2, 0.25) is 0 Å². The first-order chi connectivity index (χ1) is 12.3. The molecule has 2 amide bonds. The number of nitrogens with zero attached hydrogens (tertiary/aromatic N) is 4. The van der Waals surface area contributed by atoms with E-state index >= 15 is 0 Å². The third kappa shape index (κ3) is 4.84. The second-order valence-corrected chi connectivity index (χ2v) is 6.20. The SMILES string of the molecule is N#Cc1ccc(OCCN2CCN(C(=O)N3CCOCC3)CC2)cc1. The maximum atomic E-state index is 12.4. The highest BCUT2D eigenvalue weighted by atomic mass is 16.5. The molecule has 25 heavy (non-hydrogen) atoms. The first-order valence-corrected chi connectivity index (χ1v) is 8.73. The van der Waals surface area contributed by atoms with E-state index < -0.39 is 0 Å². The Morgan fingerprint density at radius 3 is 2.32 bits per heavy atom. The Morgan fingerprint density at radius 2 is 1.68 bits per heavy atom. The fourth-order valence-electron chi connectivity index (χ4n) is 3.04. The molecule has 0 N–H and O–H groups in total. The van der Waals surface area contributed by atoms with Crippen LogP contribution in [0.4, 0.5) is 4.79 Å². The lowest BCUT2D eigenvalue weighted by atomic mass is 10.2. The maximum Gasteiger partial charge on any atom is 0.320 e. The van der Waals surface area contributed by atoms with Crippen molar-refractivity contribution in [2.75, 3.05) is 65.6 Å². The minimum absolute atomic E-state index is 0.136. The first kappa shape index (κ1) is 17.5. The minimum Gasteiger partial charge on any atom is -0.492 e. The number of amides is 2. The largest absolute Gasteiger partial charge is 0.492 e. The molecule has 134 valence electrons. The number of piperazine rings is 1. The van der Waals surface area contributed by atoms with Gasteiger partial charge in [0.15, 0.2) is 0 Å². The van der Waals surface area contributed by atoms with Gasteiger partial charge in [-0.25, -0.2) is 4.79 Å². The van der Waals surface area contributed by atoms with E-state index in [1.807, 2.05) is 21.9 Å². The second kappa shape index (κ2) is 8.70. The highest BCUT2D eigenvalue weighted by Gasteiger charge is 2.26. The van der Waals surface area contributed by atoms with E-state index in [2.05, 4.69) is 11.0 Å². The summed E-state index contributed by atoms with van der Waals surface area (Å²) in [6.45, 7) is 7.34. The molecule has 1 aromatic rings. The van der Waals surface area contributed by atoms with Crippen LogP contribution < -0.4 is 4.74 Å². The third-order valence-electron chi connectivity index (χ3n) is 4.58. The molecule has 7 heteroatoms. The Labute approximate surface area is 148 Å². The number of hydrogen-bond acceptors (Lipinski definition) is 5. The number of benzene rings is 1. The minimum atomic E-state index is 0.136. The Bertz CT molecular complexity index is 600. The highest BCUT2D eigenvalue weighted by molar-refractivity contribution is 5.74. The predicted octanol–water partition coefficient (Wildman–Crippen LogP) is 1.01. The predicted molar refractivity (Wildman–Crippen MR) is 92.5 cm³/mol. The summed E-state index contributed by atoms with van der Waals surface area (Å²) in [4.78, 5) is 18.6. The summed E-state index contributed by atoms with van der Waals surface area (Å²) in [6.07, 6.45) is 0. The summed E-state index contributed by atoms with van der Waals surface area (Å²) in [5.74, 6) is 0.778. The van der Waals surface area contributed by atoms with Crippen molar-refractivity contribution in [2.45, 2.75) is 0 Å². The fourth-order valence-corrected chi connectivity index (χ4v) is 3.04. The van der Waals surface area contributed by atoms with Crippen molar-refractivity contribution < 1.29 is 14.3 Å². The molecule has 3 rings (SSSR count). The molecule has 0 aliphatic carbocycles. The molecular weight excluding hydrogens is 320 g/mol. The lowest BCUT2D eigenvalue weighted by Crippen LogP contribution is -2.55. The number of rotatable bonds is 4. The van der Waals surface area contributed by atoms with E-state index in [1.54, 1.807) is 12.1 Å². The standard InChI is InChI=1S/C18H24N4O3/c19-15-16-1-3-17(4-2-16)25-14-9-20-5-7-21(8-6-20)18(23)22-10-12-24-13-11-22/h1-4H,5-14H2. The van der Waals surface area contributed by atoms with Crippen molar-refractivity contribution in [2.24, 2.45) is 0 Å². The van der Waals surface area contributed by atoms with Gasteiger partial charge >= 0.3 is 6.03 Å². The van der Waals surface area contributed by atoms with Gasteiger partial charge < -0.3 is 19.3 Å². The van der Waals surface area contributed by atoms with Crippen LogP contribution in [0.25, 0.3) is 0 Å². The van der Waals surface area contributed by atoms with Crippen molar-refractivity contribution in [3.63, 3.8) is 0 Å². The van der Waals surface area contributed by atoms with E-state index in [9.17, 15) is 4.79 Å². The second-order valence-electron chi connectivity index (χ2n) is 6.20. The average Bonchev–Trinajstić information content (AvgIpc) is 2.69. The molecule has 2 heterocycles. The number of hydrogen-bond donors (Lipinski definition) is 0.